The van der Waals surface area contributed by atoms with E-state index in [0.717, 1.165) is 5.56 Å². The van der Waals surface area contributed by atoms with Gasteiger partial charge in [-0.15, -0.1) is 0 Å². The molecule has 6 nitrogen and oxygen atoms in total. The number of nitrogens with one attached hydrogen (secondary N) is 2. The summed E-state index contributed by atoms with van der Waals surface area (Å²) in [5, 5.41) is 9.47. The third-order valence-electron chi connectivity index (χ3n) is 3.01. The van der Waals surface area contributed by atoms with E-state index in [2.05, 4.69) is 15.8 Å². The number of aromatic nitrogens is 1. The van der Waals surface area contributed by atoms with Crippen LogP contribution in [0, 0.1) is 6.92 Å². The van der Waals surface area contributed by atoms with Crippen molar-refractivity contribution in [2.45, 2.75) is 20.4 Å². The fourth-order valence-corrected chi connectivity index (χ4v) is 1.93. The Bertz CT molecular complexity index is 735. The molecule has 1 aromatic carbocycles. The Labute approximate surface area is 138 Å². The lowest BCUT2D eigenvalue weighted by Crippen LogP contribution is -2.34. The molecule has 0 bridgehead atoms. The van der Waals surface area contributed by atoms with Crippen molar-refractivity contribution in [3.8, 4) is 0 Å². The van der Waals surface area contributed by atoms with Crippen LogP contribution in [0.5, 0.6) is 0 Å². The third kappa shape index (κ3) is 4.69. The van der Waals surface area contributed by atoms with Crippen molar-refractivity contribution in [3.63, 3.8) is 0 Å². The van der Waals surface area contributed by atoms with Gasteiger partial charge < -0.3 is 15.2 Å². The smallest absolute Gasteiger partial charge is 0.277 e. The van der Waals surface area contributed by atoms with Crippen LogP contribution in [0.1, 0.15) is 28.7 Å². The van der Waals surface area contributed by atoms with Crippen molar-refractivity contribution in [1.29, 1.82) is 0 Å². The van der Waals surface area contributed by atoms with Crippen molar-refractivity contribution >= 4 is 23.4 Å². The van der Waals surface area contributed by atoms with Gasteiger partial charge in [-0.2, -0.15) is 0 Å². The SMILES string of the molecule is C/C=C(/NC(=O)c1cc(C)on1)C(=O)NCc1ccc(Cl)cc1. The lowest BCUT2D eigenvalue weighted by Gasteiger charge is -2.09. The molecule has 1 heterocycles. The highest BCUT2D eigenvalue weighted by atomic mass is 35.5. The molecule has 0 aliphatic rings. The third-order valence-corrected chi connectivity index (χ3v) is 3.26. The van der Waals surface area contributed by atoms with Crippen LogP contribution >= 0.6 is 11.6 Å². The number of halogens is 1. The minimum absolute atomic E-state index is 0.118. The lowest BCUT2D eigenvalue weighted by molar-refractivity contribution is -0.118. The van der Waals surface area contributed by atoms with E-state index in [-0.39, 0.29) is 11.4 Å². The number of hydrogen-bond acceptors (Lipinski definition) is 4. The molecule has 0 spiro atoms. The summed E-state index contributed by atoms with van der Waals surface area (Å²) in [4.78, 5) is 24.1. The average molecular weight is 334 g/mol. The van der Waals surface area contributed by atoms with E-state index in [1.807, 2.05) is 12.1 Å². The van der Waals surface area contributed by atoms with E-state index in [0.29, 0.717) is 17.3 Å². The molecule has 0 atom stereocenters. The van der Waals surface area contributed by atoms with Gasteiger partial charge >= 0.3 is 0 Å². The molecule has 0 fully saturated rings. The highest BCUT2D eigenvalue weighted by molar-refractivity contribution is 6.30. The van der Waals surface area contributed by atoms with Crippen LogP contribution in [0.15, 0.2) is 46.6 Å². The predicted molar refractivity (Wildman–Crippen MR) is 85.8 cm³/mol. The van der Waals surface area contributed by atoms with Crippen LogP contribution in [0.25, 0.3) is 0 Å². The number of nitrogens with zero attached hydrogens (tertiary/aromatic N) is 1. The molecule has 2 amide bonds. The molecule has 7 heteroatoms. The van der Waals surface area contributed by atoms with Crippen molar-refractivity contribution in [2.24, 2.45) is 0 Å². The molecule has 23 heavy (non-hydrogen) atoms. The topological polar surface area (TPSA) is 84.2 Å². The lowest BCUT2D eigenvalue weighted by atomic mass is 10.2. The standard InChI is InChI=1S/C16H16ClN3O3/c1-3-13(19-16(22)14-8-10(2)23-20-14)15(21)18-9-11-4-6-12(17)7-5-11/h3-8H,9H2,1-2H3,(H,18,21)(H,19,22)/b13-3+. The zero-order chi connectivity index (χ0) is 16.8. The zero-order valence-electron chi connectivity index (χ0n) is 12.7. The summed E-state index contributed by atoms with van der Waals surface area (Å²) in [6.45, 7) is 3.66. The first-order valence-electron chi connectivity index (χ1n) is 6.93. The fourth-order valence-electron chi connectivity index (χ4n) is 1.80. The van der Waals surface area contributed by atoms with E-state index < -0.39 is 11.8 Å². The molecule has 0 aliphatic carbocycles. The maximum atomic E-state index is 12.1. The number of benzene rings is 1. The molecule has 120 valence electrons. The second kappa shape index (κ2) is 7.60. The summed E-state index contributed by atoms with van der Waals surface area (Å²) in [5.74, 6) is -0.378. The molecule has 2 N–H and O–H groups in total. The molecule has 0 radical (unpaired) electrons. The van der Waals surface area contributed by atoms with Gasteiger partial charge in [-0.1, -0.05) is 35.0 Å². The number of allylic oxidation sites excluding steroid dienone is 1. The predicted octanol–water partition coefficient (Wildman–Crippen LogP) is 2.59. The van der Waals surface area contributed by atoms with E-state index in [9.17, 15) is 9.59 Å². The van der Waals surface area contributed by atoms with Crippen molar-refractivity contribution in [3.05, 3.63) is 64.1 Å². The molecule has 0 aliphatic heterocycles. The van der Waals surface area contributed by atoms with Crippen LogP contribution in [-0.2, 0) is 11.3 Å². The largest absolute Gasteiger partial charge is 0.361 e. The first kappa shape index (κ1) is 16.8. The van der Waals surface area contributed by atoms with Crippen LogP contribution < -0.4 is 10.6 Å². The summed E-state index contributed by atoms with van der Waals surface area (Å²) < 4.78 is 4.83. The molecular weight excluding hydrogens is 318 g/mol. The van der Waals surface area contributed by atoms with E-state index in [4.69, 9.17) is 16.1 Å². The summed E-state index contributed by atoms with van der Waals surface area (Å²) >= 11 is 5.81. The molecule has 2 aromatic rings. The maximum Gasteiger partial charge on any atom is 0.277 e. The van der Waals surface area contributed by atoms with Gasteiger partial charge in [0, 0.05) is 17.6 Å². The number of hydrogen-bond donors (Lipinski definition) is 2. The van der Waals surface area contributed by atoms with Gasteiger partial charge in [0.05, 0.1) is 0 Å². The highest BCUT2D eigenvalue weighted by Crippen LogP contribution is 2.09. The average Bonchev–Trinajstić information content (AvgIpc) is 2.98. The molecular formula is C16H16ClN3O3. The first-order valence-corrected chi connectivity index (χ1v) is 7.31. The Kier molecular flexibility index (Phi) is 5.54. The number of amides is 2. The van der Waals surface area contributed by atoms with Crippen LogP contribution in [-0.4, -0.2) is 17.0 Å². The second-order valence-corrected chi connectivity index (χ2v) is 5.22. The number of carbonyl (C=O) groups is 2. The van der Waals surface area contributed by atoms with Crippen molar-refractivity contribution < 1.29 is 14.1 Å². The van der Waals surface area contributed by atoms with Gasteiger partial charge in [0.2, 0.25) is 0 Å². The zero-order valence-corrected chi connectivity index (χ0v) is 13.5. The van der Waals surface area contributed by atoms with E-state index in [1.165, 1.54) is 12.1 Å². The Balaban J connectivity index is 1.93. The van der Waals surface area contributed by atoms with Crippen molar-refractivity contribution in [1.82, 2.24) is 15.8 Å². The molecule has 0 saturated carbocycles. The van der Waals surface area contributed by atoms with Gasteiger partial charge in [0.15, 0.2) is 5.69 Å². The Morgan fingerprint density at radius 1 is 1.30 bits per heavy atom. The Morgan fingerprint density at radius 3 is 2.57 bits per heavy atom. The van der Waals surface area contributed by atoms with E-state index in [1.54, 1.807) is 26.0 Å². The first-order chi connectivity index (χ1) is 11.0. The van der Waals surface area contributed by atoms with Gasteiger partial charge in [-0.3, -0.25) is 9.59 Å². The quantitative estimate of drug-likeness (QED) is 0.824. The molecule has 2 rings (SSSR count). The number of rotatable bonds is 5. The van der Waals surface area contributed by atoms with Gasteiger partial charge in [-0.25, -0.2) is 0 Å². The molecule has 1 aromatic heterocycles. The maximum absolute atomic E-state index is 12.1. The minimum atomic E-state index is -0.503. The molecule has 0 unspecified atom stereocenters. The number of carbonyl (C=O) groups excluding carboxylic acids is 2. The monoisotopic (exact) mass is 333 g/mol. The summed E-state index contributed by atoms with van der Waals surface area (Å²) in [6.07, 6.45) is 1.52. The van der Waals surface area contributed by atoms with Crippen LogP contribution in [0.2, 0.25) is 5.02 Å². The number of aryl methyl sites for hydroxylation is 1. The fraction of sp³-hybridized carbons (Fsp3) is 0.188. The van der Waals surface area contributed by atoms with Gasteiger partial charge in [-0.05, 0) is 31.5 Å². The second-order valence-electron chi connectivity index (χ2n) is 4.79. The molecule has 0 saturated heterocycles. The summed E-state index contributed by atoms with van der Waals surface area (Å²) in [7, 11) is 0. The van der Waals surface area contributed by atoms with Crippen LogP contribution in [0.4, 0.5) is 0 Å². The van der Waals surface area contributed by atoms with E-state index >= 15 is 0 Å². The summed E-state index contributed by atoms with van der Waals surface area (Å²) in [5.41, 5.74) is 1.16. The Hall–Kier alpha value is -2.60. The Morgan fingerprint density at radius 2 is 2.00 bits per heavy atom. The van der Waals surface area contributed by atoms with Gasteiger partial charge in [0.1, 0.15) is 11.5 Å². The van der Waals surface area contributed by atoms with Crippen molar-refractivity contribution in [2.75, 3.05) is 0 Å². The highest BCUT2D eigenvalue weighted by Gasteiger charge is 2.16. The minimum Gasteiger partial charge on any atom is -0.361 e. The van der Waals surface area contributed by atoms with Gasteiger partial charge in [0.25, 0.3) is 11.8 Å². The summed E-state index contributed by atoms with van der Waals surface area (Å²) in [6, 6.07) is 8.61. The normalized spacial score (nSPS) is 11.2. The van der Waals surface area contributed by atoms with Crippen LogP contribution in [0.3, 0.4) is 0 Å².